The van der Waals surface area contributed by atoms with E-state index in [1.165, 1.54) is 13.3 Å². The highest BCUT2D eigenvalue weighted by Gasteiger charge is 2.21. The van der Waals surface area contributed by atoms with Gasteiger partial charge in [0.25, 0.3) is 0 Å². The summed E-state index contributed by atoms with van der Waals surface area (Å²) >= 11 is 0. The van der Waals surface area contributed by atoms with Crippen molar-refractivity contribution >= 4 is 22.7 Å². The summed E-state index contributed by atoms with van der Waals surface area (Å²) in [4.78, 5) is 26.8. The zero-order chi connectivity index (χ0) is 21.2. The van der Waals surface area contributed by atoms with Crippen LogP contribution in [-0.4, -0.2) is 35.7 Å². The Hall–Kier alpha value is -3.41. The summed E-state index contributed by atoms with van der Waals surface area (Å²) in [7, 11) is 1.33. The molecule has 0 radical (unpaired) electrons. The van der Waals surface area contributed by atoms with Gasteiger partial charge in [-0.2, -0.15) is 0 Å². The number of aromatic nitrogens is 1. The van der Waals surface area contributed by atoms with E-state index in [2.05, 4.69) is 36.6 Å². The average Bonchev–Trinajstić information content (AvgIpc) is 2.70. The normalized spacial score (nSPS) is 11.3. The second-order valence-electron chi connectivity index (χ2n) is 7.76. The summed E-state index contributed by atoms with van der Waals surface area (Å²) in [5.74, 6) is -0.792. The summed E-state index contributed by atoms with van der Waals surface area (Å²) in [5.41, 5.74) is 2.51. The van der Waals surface area contributed by atoms with Crippen LogP contribution in [0.4, 0.5) is 0 Å². The number of esters is 1. The Bertz CT molecular complexity index is 1070. The number of rotatable bonds is 5. The first kappa shape index (κ1) is 20.3. The first-order chi connectivity index (χ1) is 13.7. The molecule has 1 aromatic heterocycles. The third kappa shape index (κ3) is 4.54. The van der Waals surface area contributed by atoms with Crippen LogP contribution in [0.15, 0.2) is 48.7 Å². The zero-order valence-corrected chi connectivity index (χ0v) is 16.9. The Morgan fingerprint density at radius 2 is 1.79 bits per heavy atom. The largest absolute Gasteiger partial charge is 0.482 e. The van der Waals surface area contributed by atoms with Crippen molar-refractivity contribution in [1.29, 1.82) is 0 Å². The average molecular weight is 393 g/mol. The predicted molar refractivity (Wildman–Crippen MR) is 110 cm³/mol. The molecule has 0 unspecified atom stereocenters. The molecule has 2 aromatic carbocycles. The van der Waals surface area contributed by atoms with Crippen LogP contribution < -0.4 is 4.74 Å². The number of nitrogens with zero attached hydrogens (tertiary/aromatic N) is 1. The van der Waals surface area contributed by atoms with Crippen LogP contribution in [0.25, 0.3) is 22.0 Å². The Labute approximate surface area is 169 Å². The van der Waals surface area contributed by atoms with Gasteiger partial charge in [0.05, 0.1) is 18.4 Å². The summed E-state index contributed by atoms with van der Waals surface area (Å²) < 4.78 is 10.4. The van der Waals surface area contributed by atoms with Gasteiger partial charge in [-0.3, -0.25) is 4.98 Å². The number of pyridine rings is 1. The van der Waals surface area contributed by atoms with Gasteiger partial charge in [-0.1, -0.05) is 32.9 Å². The Morgan fingerprint density at radius 3 is 2.38 bits per heavy atom. The number of hydrogen-bond donors (Lipinski definition) is 1. The number of benzene rings is 2. The molecular weight excluding hydrogens is 370 g/mol. The van der Waals surface area contributed by atoms with Gasteiger partial charge in [0.15, 0.2) is 6.61 Å². The van der Waals surface area contributed by atoms with E-state index in [0.717, 1.165) is 21.9 Å². The van der Waals surface area contributed by atoms with Crippen molar-refractivity contribution < 1.29 is 24.2 Å². The SMILES string of the molecule is COC(=O)COc1cc2ccc(-c3ccc(C(=O)O)cn3)cc2cc1C(C)(C)C. The summed E-state index contributed by atoms with van der Waals surface area (Å²) in [6.07, 6.45) is 1.35. The van der Waals surface area contributed by atoms with Gasteiger partial charge in [0.1, 0.15) is 5.75 Å². The minimum Gasteiger partial charge on any atom is -0.482 e. The fourth-order valence-corrected chi connectivity index (χ4v) is 3.03. The Balaban J connectivity index is 2.04. The van der Waals surface area contributed by atoms with Gasteiger partial charge in [0, 0.05) is 17.3 Å². The van der Waals surface area contributed by atoms with Crippen LogP contribution in [0.3, 0.4) is 0 Å². The van der Waals surface area contributed by atoms with E-state index in [0.29, 0.717) is 11.4 Å². The molecule has 3 rings (SSSR count). The molecule has 0 aliphatic heterocycles. The minimum absolute atomic E-state index is 0.150. The van der Waals surface area contributed by atoms with Crippen molar-refractivity contribution in [2.45, 2.75) is 26.2 Å². The zero-order valence-electron chi connectivity index (χ0n) is 16.9. The molecule has 6 heteroatoms. The molecule has 0 atom stereocenters. The summed E-state index contributed by atoms with van der Waals surface area (Å²) in [6, 6.07) is 13.1. The molecule has 1 N–H and O–H groups in total. The van der Waals surface area contributed by atoms with E-state index < -0.39 is 11.9 Å². The highest BCUT2D eigenvalue weighted by molar-refractivity contribution is 5.90. The van der Waals surface area contributed by atoms with E-state index in [1.54, 1.807) is 12.1 Å². The predicted octanol–water partition coefficient (Wildman–Crippen LogP) is 4.45. The van der Waals surface area contributed by atoms with Crippen LogP contribution in [0.5, 0.6) is 5.75 Å². The fourth-order valence-electron chi connectivity index (χ4n) is 3.03. The number of fused-ring (bicyclic) bond motifs is 1. The van der Waals surface area contributed by atoms with Gasteiger partial charge < -0.3 is 14.6 Å². The standard InChI is InChI=1S/C23H23NO5/c1-23(2,3)18-10-17-9-15(19-8-7-16(12-24-19)22(26)27)6-5-14(17)11-20(18)29-13-21(25)28-4/h5-12H,13H2,1-4H3,(H,26,27). The second kappa shape index (κ2) is 7.91. The first-order valence-electron chi connectivity index (χ1n) is 9.16. The molecule has 1 heterocycles. The highest BCUT2D eigenvalue weighted by Crippen LogP contribution is 2.36. The van der Waals surface area contributed by atoms with Crippen LogP contribution >= 0.6 is 0 Å². The Kier molecular flexibility index (Phi) is 5.55. The maximum atomic E-state index is 11.5. The number of ether oxygens (including phenoxy) is 2. The first-order valence-corrected chi connectivity index (χ1v) is 9.16. The summed E-state index contributed by atoms with van der Waals surface area (Å²) in [5, 5.41) is 11.0. The quantitative estimate of drug-likeness (QED) is 0.645. The minimum atomic E-state index is -1.00. The number of hydrogen-bond acceptors (Lipinski definition) is 5. The number of methoxy groups -OCH3 is 1. The molecule has 0 amide bonds. The maximum Gasteiger partial charge on any atom is 0.343 e. The van der Waals surface area contributed by atoms with Gasteiger partial charge in [-0.25, -0.2) is 9.59 Å². The van der Waals surface area contributed by atoms with Gasteiger partial charge in [0.2, 0.25) is 0 Å². The third-order valence-corrected chi connectivity index (χ3v) is 4.63. The molecule has 3 aromatic rings. The lowest BCUT2D eigenvalue weighted by Gasteiger charge is -2.23. The smallest absolute Gasteiger partial charge is 0.343 e. The molecular formula is C23H23NO5. The lowest BCUT2D eigenvalue weighted by Crippen LogP contribution is -2.17. The molecule has 150 valence electrons. The van der Waals surface area contributed by atoms with E-state index in [1.807, 2.05) is 24.3 Å². The van der Waals surface area contributed by atoms with Crippen molar-refractivity contribution in [3.63, 3.8) is 0 Å². The van der Waals surface area contributed by atoms with E-state index in [4.69, 9.17) is 9.84 Å². The van der Waals surface area contributed by atoms with E-state index in [9.17, 15) is 9.59 Å². The number of carbonyl (C=O) groups is 2. The van der Waals surface area contributed by atoms with E-state index in [-0.39, 0.29) is 17.6 Å². The van der Waals surface area contributed by atoms with Crippen molar-refractivity contribution in [1.82, 2.24) is 4.98 Å². The summed E-state index contributed by atoms with van der Waals surface area (Å²) in [6.45, 7) is 6.09. The molecule has 29 heavy (non-hydrogen) atoms. The molecule has 0 aliphatic carbocycles. The van der Waals surface area contributed by atoms with Gasteiger partial charge in [-0.15, -0.1) is 0 Å². The molecule has 0 spiro atoms. The topological polar surface area (TPSA) is 85.7 Å². The highest BCUT2D eigenvalue weighted by atomic mass is 16.6. The lowest BCUT2D eigenvalue weighted by molar-refractivity contribution is -0.142. The lowest BCUT2D eigenvalue weighted by atomic mass is 9.84. The molecule has 0 fully saturated rings. The monoisotopic (exact) mass is 393 g/mol. The number of carboxylic acids is 1. The molecule has 0 bridgehead atoms. The molecule has 0 saturated carbocycles. The van der Waals surface area contributed by atoms with Crippen molar-refractivity contribution in [2.24, 2.45) is 0 Å². The third-order valence-electron chi connectivity index (χ3n) is 4.63. The van der Waals surface area contributed by atoms with Crippen molar-refractivity contribution in [3.8, 4) is 17.0 Å². The van der Waals surface area contributed by atoms with Gasteiger partial charge >= 0.3 is 11.9 Å². The maximum absolute atomic E-state index is 11.5. The van der Waals surface area contributed by atoms with Crippen LogP contribution in [0.2, 0.25) is 0 Å². The molecule has 0 saturated heterocycles. The Morgan fingerprint density at radius 1 is 1.03 bits per heavy atom. The van der Waals surface area contributed by atoms with Crippen molar-refractivity contribution in [3.05, 3.63) is 59.8 Å². The van der Waals surface area contributed by atoms with Crippen LogP contribution in [0.1, 0.15) is 36.7 Å². The number of carboxylic acid groups (broad SMARTS) is 1. The molecule has 0 aliphatic rings. The van der Waals surface area contributed by atoms with Crippen LogP contribution in [-0.2, 0) is 14.9 Å². The number of carbonyl (C=O) groups excluding carboxylic acids is 1. The van der Waals surface area contributed by atoms with E-state index >= 15 is 0 Å². The van der Waals surface area contributed by atoms with Gasteiger partial charge in [-0.05, 0) is 46.5 Å². The molecule has 6 nitrogen and oxygen atoms in total. The fraction of sp³-hybridized carbons (Fsp3) is 0.261. The second-order valence-corrected chi connectivity index (χ2v) is 7.76. The van der Waals surface area contributed by atoms with Crippen LogP contribution in [0, 0.1) is 0 Å². The number of aromatic carboxylic acids is 1. The van der Waals surface area contributed by atoms with Crippen molar-refractivity contribution in [2.75, 3.05) is 13.7 Å².